The zero-order valence-corrected chi connectivity index (χ0v) is 29.0. The van der Waals surface area contributed by atoms with Crippen LogP contribution in [0.2, 0.25) is 0 Å². The second kappa shape index (κ2) is 19.0. The van der Waals surface area contributed by atoms with Crippen molar-refractivity contribution in [3.05, 3.63) is 0 Å². The van der Waals surface area contributed by atoms with Crippen molar-refractivity contribution in [2.75, 3.05) is 25.7 Å². The van der Waals surface area contributed by atoms with E-state index in [1.54, 1.807) is 0 Å². The smallest absolute Gasteiger partial charge is 0.469 e. The molecule has 0 aromatic heterocycles. The Balaban J connectivity index is 0.000000346. The summed E-state index contributed by atoms with van der Waals surface area (Å²) in [5.41, 5.74) is 0. The van der Waals surface area contributed by atoms with Crippen LogP contribution in [0.1, 0.15) is 51.4 Å². The second-order valence-electron chi connectivity index (χ2n) is 9.48. The van der Waals surface area contributed by atoms with E-state index in [0.717, 1.165) is 44.3 Å². The van der Waals surface area contributed by atoms with E-state index in [0.29, 0.717) is 23.8 Å². The Hall–Kier alpha value is -0.450. The van der Waals surface area contributed by atoms with E-state index in [9.17, 15) is 23.4 Å². The number of esters is 2. The summed E-state index contributed by atoms with van der Waals surface area (Å²) in [5.74, 6) is 1.17. The van der Waals surface area contributed by atoms with Crippen LogP contribution in [0.5, 0.6) is 0 Å². The molecule has 4 amide bonds. The first-order valence-corrected chi connectivity index (χ1v) is 18.7. The summed E-state index contributed by atoms with van der Waals surface area (Å²) in [6, 6.07) is 0.338. The molecule has 0 spiro atoms. The van der Waals surface area contributed by atoms with E-state index in [4.69, 9.17) is 13.7 Å². The number of hydrogen-bond donors (Lipinski definition) is 4. The number of amides is 4. The molecule has 1 unspecified atom stereocenters. The van der Waals surface area contributed by atoms with Gasteiger partial charge in [-0.1, -0.05) is 12.8 Å². The summed E-state index contributed by atoms with van der Waals surface area (Å²) < 4.78 is 55.5. The Morgan fingerprint density at radius 3 is 1.88 bits per heavy atom. The van der Waals surface area contributed by atoms with Gasteiger partial charge in [-0.05, 0) is 25.7 Å². The van der Waals surface area contributed by atoms with Gasteiger partial charge in [0, 0.05) is 40.4 Å². The zero-order chi connectivity index (χ0) is 29.9. The number of methoxy groups -OCH3 is 2. The number of unbranched alkanes of at least 4 members (excludes halogenated alkanes) is 2. The van der Waals surface area contributed by atoms with Crippen molar-refractivity contribution in [1.29, 1.82) is 0 Å². The van der Waals surface area contributed by atoms with E-state index in [-0.39, 0.29) is 83.0 Å². The molecular weight excluding hydrogens is 710 g/mol. The van der Waals surface area contributed by atoms with Gasteiger partial charge in [0.15, 0.2) is 0 Å². The first-order valence-electron chi connectivity index (χ1n) is 12.7. The van der Waals surface area contributed by atoms with Gasteiger partial charge in [0.05, 0.1) is 43.6 Å². The van der Waals surface area contributed by atoms with Gasteiger partial charge in [0.25, 0.3) is 0 Å². The summed E-state index contributed by atoms with van der Waals surface area (Å²) in [5, 5.41) is 12.0. The molecular formula is C22H36IN4NaO11S2. The monoisotopic (exact) mass is 746 g/mol. The van der Waals surface area contributed by atoms with Gasteiger partial charge in [-0.3, -0.25) is 27.5 Å². The standard InChI is InChI=1S/C11H18N2O4S.C11H18N2O3S.IO4.Na/c1-17-9(14)5-3-2-4-8-10-7(6-18(8)16)12-11(15)13-10;1-16-9(14)5-3-2-4-8-10-7(6-17-8)12-11(15)13-10;2-1(3,4)5;/h7-8,10H,2-6H2,1H3,(H2,12,13,15);7-8,10H,2-6H2,1H3,(H2,12,13,15);;/q;;-1;+1/t7-,8-,10-,18?;7-,8-,10-;;/m00../s1. The molecule has 0 saturated carbocycles. The molecule has 0 aliphatic carbocycles. The minimum atomic E-state index is -5.94. The van der Waals surface area contributed by atoms with Crippen molar-refractivity contribution >= 4 is 46.6 Å². The number of hydrogen-bond acceptors (Lipinski definition) is 12. The van der Waals surface area contributed by atoms with Crippen LogP contribution in [0.3, 0.4) is 0 Å². The third-order valence-corrected chi connectivity index (χ3v) is 10.2. The van der Waals surface area contributed by atoms with E-state index in [2.05, 4.69) is 30.7 Å². The topological polar surface area (TPSA) is 244 Å². The van der Waals surface area contributed by atoms with Gasteiger partial charge in [-0.25, -0.2) is 9.59 Å². The molecule has 4 rings (SSSR count). The maximum absolute atomic E-state index is 11.9. The fourth-order valence-corrected chi connectivity index (χ4v) is 8.35. The Bertz CT molecular complexity index is 911. The summed E-state index contributed by atoms with van der Waals surface area (Å²) in [7, 11) is 1.90. The maximum atomic E-state index is 11.9. The molecule has 4 fully saturated rings. The van der Waals surface area contributed by atoms with Crippen LogP contribution >= 0.6 is 11.8 Å². The van der Waals surface area contributed by atoms with Crippen molar-refractivity contribution in [3.8, 4) is 0 Å². The van der Waals surface area contributed by atoms with E-state index in [1.807, 2.05) is 11.8 Å². The molecule has 230 valence electrons. The van der Waals surface area contributed by atoms with Crippen LogP contribution in [0, 0.1) is 0 Å². The van der Waals surface area contributed by atoms with Crippen LogP contribution in [0.15, 0.2) is 0 Å². The first kappa shape index (κ1) is 38.6. The van der Waals surface area contributed by atoms with Crippen molar-refractivity contribution in [3.63, 3.8) is 0 Å². The van der Waals surface area contributed by atoms with Gasteiger partial charge in [-0.2, -0.15) is 11.8 Å². The van der Waals surface area contributed by atoms with Gasteiger partial charge in [0.2, 0.25) is 0 Å². The Labute approximate surface area is 273 Å². The summed E-state index contributed by atoms with van der Waals surface area (Å²) in [4.78, 5) is 44.2. The number of carbonyl (C=O) groups is 4. The van der Waals surface area contributed by atoms with Crippen molar-refractivity contribution < 1.29 is 96.3 Å². The number of fused-ring (bicyclic) bond motifs is 2. The summed E-state index contributed by atoms with van der Waals surface area (Å²) in [6.45, 7) is 0. The fraction of sp³-hybridized carbons (Fsp3) is 0.818. The Morgan fingerprint density at radius 2 is 1.34 bits per heavy atom. The molecule has 4 aliphatic heterocycles. The van der Waals surface area contributed by atoms with Crippen molar-refractivity contribution in [2.24, 2.45) is 0 Å². The molecule has 4 N–H and O–H groups in total. The van der Waals surface area contributed by atoms with Crippen LogP contribution in [0.25, 0.3) is 0 Å². The molecule has 0 aromatic rings. The average molecular weight is 747 g/mol. The van der Waals surface area contributed by atoms with Crippen LogP contribution in [-0.2, 0) is 29.9 Å². The third-order valence-electron chi connectivity index (χ3n) is 6.76. The third kappa shape index (κ3) is 14.3. The predicted molar refractivity (Wildman–Crippen MR) is 132 cm³/mol. The first-order chi connectivity index (χ1) is 18.8. The average Bonchev–Trinajstić information content (AvgIpc) is 3.59. The molecule has 15 nitrogen and oxygen atoms in total. The number of nitrogens with one attached hydrogen (secondary N) is 4. The number of thioether (sulfide) groups is 1. The fourth-order valence-electron chi connectivity index (χ4n) is 4.90. The van der Waals surface area contributed by atoms with Gasteiger partial charge in [0.1, 0.15) is 20.1 Å². The van der Waals surface area contributed by atoms with Crippen molar-refractivity contribution in [2.45, 2.75) is 86.0 Å². The number of urea groups is 2. The normalized spacial score (nSPS) is 29.0. The minimum Gasteiger partial charge on any atom is -0.469 e. The molecule has 4 aliphatic rings. The molecule has 0 bridgehead atoms. The Kier molecular flexibility index (Phi) is 17.9. The van der Waals surface area contributed by atoms with Crippen LogP contribution in [-0.4, -0.2) is 88.6 Å². The quantitative estimate of drug-likeness (QED) is 0.0536. The molecule has 41 heavy (non-hydrogen) atoms. The molecule has 0 radical (unpaired) electrons. The van der Waals surface area contributed by atoms with E-state index in [1.165, 1.54) is 14.2 Å². The Morgan fingerprint density at radius 1 is 0.854 bits per heavy atom. The predicted octanol–water partition coefficient (Wildman–Crippen LogP) is -9.96. The molecule has 4 saturated heterocycles. The van der Waals surface area contributed by atoms with Gasteiger partial charge in [-0.15, -0.1) is 0 Å². The van der Waals surface area contributed by atoms with Gasteiger partial charge < -0.3 is 30.7 Å². The number of carbonyl (C=O) groups excluding carboxylic acids is 4. The van der Waals surface area contributed by atoms with E-state index < -0.39 is 30.9 Å². The summed E-state index contributed by atoms with van der Waals surface area (Å²) in [6.07, 6.45) is 6.14. The summed E-state index contributed by atoms with van der Waals surface area (Å²) >= 11 is -4.03. The van der Waals surface area contributed by atoms with E-state index >= 15 is 0 Å². The largest absolute Gasteiger partial charge is 1.00 e. The number of ether oxygens (including phenoxy) is 2. The van der Waals surface area contributed by atoms with Gasteiger partial charge >= 0.3 is 53.6 Å². The minimum absolute atomic E-state index is 0. The molecule has 0 aromatic carbocycles. The van der Waals surface area contributed by atoms with Crippen molar-refractivity contribution in [1.82, 2.24) is 21.3 Å². The second-order valence-corrected chi connectivity index (χ2v) is 14.6. The maximum Gasteiger partial charge on any atom is 1.00 e. The molecule has 7 atom stereocenters. The SMILES string of the molecule is COC(=O)CCCC[C@@H]1SC[C@@H]2NC(=O)N[C@@H]21.COC(=O)CCCC[C@H]1[C@H]2NC(=O)N[C@H]2CS1=O.[Na+].[O-][I+3]([O-])([O-])[O-]. The molecule has 19 heteroatoms. The number of rotatable bonds is 10. The zero-order valence-electron chi connectivity index (χ0n) is 23.2. The number of halogens is 1. The van der Waals surface area contributed by atoms with Crippen LogP contribution < -0.4 is 84.7 Å². The van der Waals surface area contributed by atoms with Crippen LogP contribution in [0.4, 0.5) is 9.59 Å². The molecule has 4 heterocycles.